The molecule has 2 atom stereocenters. The van der Waals surface area contributed by atoms with E-state index in [0.29, 0.717) is 0 Å². The van der Waals surface area contributed by atoms with Crippen molar-refractivity contribution in [2.75, 3.05) is 0 Å². The third-order valence-corrected chi connectivity index (χ3v) is 2.64. The van der Waals surface area contributed by atoms with Crippen molar-refractivity contribution in [3.8, 4) is 0 Å². The van der Waals surface area contributed by atoms with E-state index in [4.69, 9.17) is 0 Å². The maximum Gasteiger partial charge on any atom is -0.0230 e. The van der Waals surface area contributed by atoms with Crippen LogP contribution in [0.15, 0.2) is 23.8 Å². The third kappa shape index (κ3) is 2.21. The van der Waals surface area contributed by atoms with Gasteiger partial charge in [0.25, 0.3) is 0 Å². The summed E-state index contributed by atoms with van der Waals surface area (Å²) in [5.41, 5.74) is 1.53. The van der Waals surface area contributed by atoms with Crippen molar-refractivity contribution >= 4 is 0 Å². The largest absolute Gasteiger partial charge is 0.0874 e. The zero-order valence-corrected chi connectivity index (χ0v) is 7.80. The first-order valence-corrected chi connectivity index (χ1v) is 4.57. The van der Waals surface area contributed by atoms with Crippen LogP contribution in [0.4, 0.5) is 0 Å². The van der Waals surface area contributed by atoms with Crippen molar-refractivity contribution in [1.82, 2.24) is 0 Å². The summed E-state index contributed by atoms with van der Waals surface area (Å²) in [7, 11) is 0. The summed E-state index contributed by atoms with van der Waals surface area (Å²) in [6.45, 7) is 6.74. The van der Waals surface area contributed by atoms with Gasteiger partial charge in [-0.1, -0.05) is 37.6 Å². The molecule has 0 heteroatoms. The molecule has 0 spiro atoms. The second kappa shape index (κ2) is 3.75. The molecule has 62 valence electrons. The minimum absolute atomic E-state index is 0.773. The van der Waals surface area contributed by atoms with Gasteiger partial charge < -0.3 is 0 Å². The van der Waals surface area contributed by atoms with Gasteiger partial charge in [-0.2, -0.15) is 0 Å². The van der Waals surface area contributed by atoms with Crippen LogP contribution in [0, 0.1) is 11.8 Å². The van der Waals surface area contributed by atoms with Gasteiger partial charge >= 0.3 is 0 Å². The highest BCUT2D eigenvalue weighted by Gasteiger charge is 2.15. The second-order valence-corrected chi connectivity index (χ2v) is 3.62. The van der Waals surface area contributed by atoms with Crippen LogP contribution in [-0.4, -0.2) is 0 Å². The molecule has 0 aromatic heterocycles. The van der Waals surface area contributed by atoms with Gasteiger partial charge in [-0.25, -0.2) is 0 Å². The van der Waals surface area contributed by atoms with E-state index in [9.17, 15) is 0 Å². The van der Waals surface area contributed by atoms with E-state index in [1.54, 1.807) is 0 Å². The summed E-state index contributed by atoms with van der Waals surface area (Å²) in [6, 6.07) is 0. The summed E-state index contributed by atoms with van der Waals surface area (Å²) in [6.07, 6.45) is 9.41. The molecular weight excluding hydrogens is 132 g/mol. The van der Waals surface area contributed by atoms with Crippen molar-refractivity contribution < 1.29 is 0 Å². The average molecular weight is 150 g/mol. The zero-order chi connectivity index (χ0) is 8.27. The average Bonchev–Trinajstić information content (AvgIpc) is 1.98. The minimum atomic E-state index is 0.773. The highest BCUT2D eigenvalue weighted by molar-refractivity contribution is 5.21. The summed E-state index contributed by atoms with van der Waals surface area (Å²) in [4.78, 5) is 0. The van der Waals surface area contributed by atoms with E-state index in [0.717, 1.165) is 11.8 Å². The molecular formula is C11H18. The summed E-state index contributed by atoms with van der Waals surface area (Å²) < 4.78 is 0. The molecule has 0 fully saturated rings. The molecule has 0 saturated heterocycles. The number of hydrogen-bond donors (Lipinski definition) is 0. The van der Waals surface area contributed by atoms with Gasteiger partial charge in [-0.15, -0.1) is 0 Å². The third-order valence-electron chi connectivity index (χ3n) is 2.64. The van der Waals surface area contributed by atoms with Crippen LogP contribution in [0.25, 0.3) is 0 Å². The second-order valence-electron chi connectivity index (χ2n) is 3.62. The molecule has 0 aliphatic heterocycles. The summed E-state index contributed by atoms with van der Waals surface area (Å²) >= 11 is 0. The first-order valence-electron chi connectivity index (χ1n) is 4.57. The highest BCUT2D eigenvalue weighted by atomic mass is 14.2. The molecule has 0 amide bonds. The Labute approximate surface area is 70.0 Å². The van der Waals surface area contributed by atoms with Crippen LogP contribution in [0.5, 0.6) is 0 Å². The first-order chi connectivity index (χ1) is 5.24. The van der Waals surface area contributed by atoms with Crippen molar-refractivity contribution in [3.05, 3.63) is 23.8 Å². The monoisotopic (exact) mass is 150 g/mol. The fourth-order valence-corrected chi connectivity index (χ4v) is 1.60. The summed E-state index contributed by atoms with van der Waals surface area (Å²) in [5.74, 6) is 1.65. The Morgan fingerprint density at radius 1 is 1.45 bits per heavy atom. The van der Waals surface area contributed by atoms with E-state index >= 15 is 0 Å². The molecule has 0 N–H and O–H groups in total. The van der Waals surface area contributed by atoms with Crippen LogP contribution in [0.1, 0.15) is 33.6 Å². The van der Waals surface area contributed by atoms with E-state index in [1.807, 2.05) is 0 Å². The zero-order valence-electron chi connectivity index (χ0n) is 7.80. The highest BCUT2D eigenvalue weighted by Crippen LogP contribution is 2.28. The maximum absolute atomic E-state index is 2.41. The van der Waals surface area contributed by atoms with E-state index < -0.39 is 0 Å². The lowest BCUT2D eigenvalue weighted by molar-refractivity contribution is 0.407. The molecule has 0 radical (unpaired) electrons. The van der Waals surface area contributed by atoms with E-state index in [2.05, 4.69) is 39.0 Å². The van der Waals surface area contributed by atoms with Crippen molar-refractivity contribution in [2.45, 2.75) is 33.6 Å². The number of allylic oxidation sites excluding steroid dienone is 4. The predicted octanol–water partition coefficient (Wildman–Crippen LogP) is 3.55. The number of hydrogen-bond acceptors (Lipinski definition) is 0. The SMILES string of the molecule is C/C=C/C1=CC(C)C(C)CC1. The van der Waals surface area contributed by atoms with Crippen LogP contribution < -0.4 is 0 Å². The lowest BCUT2D eigenvalue weighted by Gasteiger charge is -2.23. The van der Waals surface area contributed by atoms with Gasteiger partial charge in [0.2, 0.25) is 0 Å². The van der Waals surface area contributed by atoms with Gasteiger partial charge in [0.1, 0.15) is 0 Å². The molecule has 0 heterocycles. The smallest absolute Gasteiger partial charge is 0.0230 e. The molecule has 1 aliphatic carbocycles. The van der Waals surface area contributed by atoms with Crippen molar-refractivity contribution in [2.24, 2.45) is 11.8 Å². The maximum atomic E-state index is 2.41. The van der Waals surface area contributed by atoms with Gasteiger partial charge in [0.15, 0.2) is 0 Å². The molecule has 0 bridgehead atoms. The first kappa shape index (κ1) is 8.58. The Kier molecular flexibility index (Phi) is 2.92. The van der Waals surface area contributed by atoms with Crippen molar-refractivity contribution in [1.29, 1.82) is 0 Å². The van der Waals surface area contributed by atoms with Crippen LogP contribution in [0.2, 0.25) is 0 Å². The molecule has 1 aliphatic rings. The minimum Gasteiger partial charge on any atom is -0.0874 e. The molecule has 0 aromatic carbocycles. The van der Waals surface area contributed by atoms with Crippen LogP contribution >= 0.6 is 0 Å². The summed E-state index contributed by atoms with van der Waals surface area (Å²) in [5, 5.41) is 0. The quantitative estimate of drug-likeness (QED) is 0.536. The van der Waals surface area contributed by atoms with Gasteiger partial charge in [0.05, 0.1) is 0 Å². The Balaban J connectivity index is 2.63. The van der Waals surface area contributed by atoms with Gasteiger partial charge in [-0.05, 0) is 31.6 Å². The molecule has 1 rings (SSSR count). The molecule has 0 nitrogen and oxygen atoms in total. The van der Waals surface area contributed by atoms with Crippen LogP contribution in [0.3, 0.4) is 0 Å². The van der Waals surface area contributed by atoms with E-state index in [-0.39, 0.29) is 0 Å². The fourth-order valence-electron chi connectivity index (χ4n) is 1.60. The molecule has 0 saturated carbocycles. The lowest BCUT2D eigenvalue weighted by atomic mass is 9.83. The number of rotatable bonds is 1. The Bertz CT molecular complexity index is 174. The Hall–Kier alpha value is -0.520. The Morgan fingerprint density at radius 3 is 2.73 bits per heavy atom. The van der Waals surface area contributed by atoms with Crippen LogP contribution in [-0.2, 0) is 0 Å². The standard InChI is InChI=1S/C11H18/c1-4-5-11-7-6-9(2)10(3)8-11/h4-5,8-10H,6-7H2,1-3H3/b5-4+. The molecule has 11 heavy (non-hydrogen) atoms. The molecule has 2 unspecified atom stereocenters. The normalized spacial score (nSPS) is 32.5. The van der Waals surface area contributed by atoms with Gasteiger partial charge in [-0.3, -0.25) is 0 Å². The predicted molar refractivity (Wildman–Crippen MR) is 50.5 cm³/mol. The van der Waals surface area contributed by atoms with E-state index in [1.165, 1.54) is 18.4 Å². The Morgan fingerprint density at radius 2 is 2.18 bits per heavy atom. The van der Waals surface area contributed by atoms with Crippen molar-refractivity contribution in [3.63, 3.8) is 0 Å². The van der Waals surface area contributed by atoms with Gasteiger partial charge in [0, 0.05) is 0 Å². The lowest BCUT2D eigenvalue weighted by Crippen LogP contribution is -2.10. The molecule has 0 aromatic rings. The topological polar surface area (TPSA) is 0 Å². The fraction of sp³-hybridized carbons (Fsp3) is 0.636.